The largest absolute Gasteiger partial charge is 0.489 e. The fraction of sp³-hybridized carbons (Fsp3) is 0.143. The van der Waals surface area contributed by atoms with Crippen molar-refractivity contribution in [2.75, 3.05) is 11.9 Å². The van der Waals surface area contributed by atoms with E-state index in [1.54, 1.807) is 29.1 Å². The first-order valence-electron chi connectivity index (χ1n) is 8.63. The SMILES string of the molecule is C=CCOc1ccccc1[C@H]1CC(=O)Nc2c1cnn2-c1ccc(Cl)cc1. The molecular formula is C21H18ClN3O2. The zero-order chi connectivity index (χ0) is 18.8. The van der Waals surface area contributed by atoms with Gasteiger partial charge in [0.25, 0.3) is 0 Å². The molecule has 1 amide bonds. The van der Waals surface area contributed by atoms with Crippen LogP contribution in [0.25, 0.3) is 5.69 Å². The molecule has 0 aliphatic carbocycles. The molecule has 0 saturated heterocycles. The van der Waals surface area contributed by atoms with Crippen LogP contribution in [0.4, 0.5) is 5.82 Å². The summed E-state index contributed by atoms with van der Waals surface area (Å²) in [6.07, 6.45) is 3.85. The second-order valence-electron chi connectivity index (χ2n) is 6.28. The lowest BCUT2D eigenvalue weighted by Crippen LogP contribution is -2.24. The molecule has 1 N–H and O–H groups in total. The Balaban J connectivity index is 1.78. The van der Waals surface area contributed by atoms with Crippen LogP contribution in [-0.2, 0) is 4.79 Å². The molecule has 0 fully saturated rings. The quantitative estimate of drug-likeness (QED) is 0.661. The monoisotopic (exact) mass is 379 g/mol. The molecule has 1 aliphatic heterocycles. The van der Waals surface area contributed by atoms with Gasteiger partial charge in [-0.15, -0.1) is 0 Å². The third-order valence-corrected chi connectivity index (χ3v) is 4.79. The van der Waals surface area contributed by atoms with E-state index in [0.717, 1.165) is 22.6 Å². The number of carbonyl (C=O) groups is 1. The Morgan fingerprint density at radius 3 is 2.78 bits per heavy atom. The second-order valence-corrected chi connectivity index (χ2v) is 6.72. The molecule has 1 atom stereocenters. The van der Waals surface area contributed by atoms with Crippen molar-refractivity contribution >= 4 is 23.3 Å². The minimum Gasteiger partial charge on any atom is -0.489 e. The van der Waals surface area contributed by atoms with Crippen LogP contribution < -0.4 is 10.1 Å². The van der Waals surface area contributed by atoms with Crippen LogP contribution in [-0.4, -0.2) is 22.3 Å². The summed E-state index contributed by atoms with van der Waals surface area (Å²) in [5, 5.41) is 8.11. The number of anilines is 1. The number of fused-ring (bicyclic) bond motifs is 1. The minimum atomic E-state index is -0.129. The highest BCUT2D eigenvalue weighted by atomic mass is 35.5. The summed E-state index contributed by atoms with van der Waals surface area (Å²) in [7, 11) is 0. The average Bonchev–Trinajstić information content (AvgIpc) is 3.10. The van der Waals surface area contributed by atoms with Crippen molar-refractivity contribution in [2.24, 2.45) is 0 Å². The van der Waals surface area contributed by atoms with Crippen molar-refractivity contribution in [3.63, 3.8) is 0 Å². The number of halogens is 1. The van der Waals surface area contributed by atoms with Crippen molar-refractivity contribution in [1.29, 1.82) is 0 Å². The van der Waals surface area contributed by atoms with E-state index in [-0.39, 0.29) is 11.8 Å². The van der Waals surface area contributed by atoms with Gasteiger partial charge in [0, 0.05) is 28.5 Å². The number of hydrogen-bond donors (Lipinski definition) is 1. The van der Waals surface area contributed by atoms with Gasteiger partial charge in [-0.2, -0.15) is 5.10 Å². The minimum absolute atomic E-state index is 0.0539. The molecule has 136 valence electrons. The summed E-state index contributed by atoms with van der Waals surface area (Å²) < 4.78 is 7.53. The van der Waals surface area contributed by atoms with Gasteiger partial charge in [0.15, 0.2) is 0 Å². The summed E-state index contributed by atoms with van der Waals surface area (Å²) in [6, 6.07) is 15.1. The Kier molecular flexibility index (Phi) is 4.69. The van der Waals surface area contributed by atoms with E-state index in [4.69, 9.17) is 16.3 Å². The summed E-state index contributed by atoms with van der Waals surface area (Å²) in [6.45, 7) is 4.11. The van der Waals surface area contributed by atoms with E-state index in [9.17, 15) is 4.79 Å². The number of nitrogens with zero attached hydrogens (tertiary/aromatic N) is 2. The summed E-state index contributed by atoms with van der Waals surface area (Å²) in [5.74, 6) is 1.25. The van der Waals surface area contributed by atoms with Crippen LogP contribution in [0.5, 0.6) is 5.75 Å². The van der Waals surface area contributed by atoms with E-state index in [1.807, 2.05) is 36.4 Å². The lowest BCUT2D eigenvalue weighted by molar-refractivity contribution is -0.116. The first-order chi connectivity index (χ1) is 13.2. The highest BCUT2D eigenvalue weighted by Gasteiger charge is 2.32. The summed E-state index contributed by atoms with van der Waals surface area (Å²) in [4.78, 5) is 12.4. The first kappa shape index (κ1) is 17.4. The highest BCUT2D eigenvalue weighted by molar-refractivity contribution is 6.30. The van der Waals surface area contributed by atoms with Crippen LogP contribution in [0.2, 0.25) is 5.02 Å². The van der Waals surface area contributed by atoms with Crippen molar-refractivity contribution in [3.8, 4) is 11.4 Å². The summed E-state index contributed by atoms with van der Waals surface area (Å²) >= 11 is 5.98. The fourth-order valence-electron chi connectivity index (χ4n) is 3.32. The molecule has 3 aromatic rings. The van der Waals surface area contributed by atoms with E-state index < -0.39 is 0 Å². The Hall–Kier alpha value is -3.05. The van der Waals surface area contributed by atoms with Gasteiger partial charge in [-0.1, -0.05) is 42.5 Å². The Labute approximate surface area is 162 Å². The van der Waals surface area contributed by atoms with Gasteiger partial charge >= 0.3 is 0 Å². The maximum Gasteiger partial charge on any atom is 0.226 e. The lowest BCUT2D eigenvalue weighted by Gasteiger charge is -2.25. The smallest absolute Gasteiger partial charge is 0.226 e. The number of benzene rings is 2. The van der Waals surface area contributed by atoms with Crippen molar-refractivity contribution in [3.05, 3.63) is 83.5 Å². The molecule has 4 rings (SSSR count). The standard InChI is InChI=1S/C21H18ClN3O2/c1-2-11-27-19-6-4-3-5-16(19)17-12-20(26)24-21-18(17)13-23-25(21)15-9-7-14(22)8-10-15/h2-10,13,17H,1,11-12H2,(H,24,26)/t17-/m1/s1. The van der Waals surface area contributed by atoms with Crippen LogP contribution in [0.3, 0.4) is 0 Å². The first-order valence-corrected chi connectivity index (χ1v) is 9.01. The molecule has 6 heteroatoms. The van der Waals surface area contributed by atoms with E-state index >= 15 is 0 Å². The van der Waals surface area contributed by atoms with Crippen LogP contribution in [0.15, 0.2) is 67.4 Å². The van der Waals surface area contributed by atoms with Crippen molar-refractivity contribution < 1.29 is 9.53 Å². The lowest BCUT2D eigenvalue weighted by atomic mass is 9.87. The summed E-state index contributed by atoms with van der Waals surface area (Å²) in [5.41, 5.74) is 2.75. The normalized spacial score (nSPS) is 15.7. The fourth-order valence-corrected chi connectivity index (χ4v) is 3.45. The molecule has 0 saturated carbocycles. The Morgan fingerprint density at radius 2 is 2.00 bits per heavy atom. The Bertz CT molecular complexity index is 995. The predicted octanol–water partition coefficient (Wildman–Crippen LogP) is 4.56. The molecule has 0 bridgehead atoms. The van der Waals surface area contributed by atoms with Gasteiger partial charge in [0.05, 0.1) is 11.9 Å². The molecule has 5 nitrogen and oxygen atoms in total. The van der Waals surface area contributed by atoms with Gasteiger partial charge in [-0.3, -0.25) is 4.79 Å². The van der Waals surface area contributed by atoms with E-state index in [1.165, 1.54) is 0 Å². The molecular weight excluding hydrogens is 362 g/mol. The van der Waals surface area contributed by atoms with Crippen molar-refractivity contribution in [1.82, 2.24) is 9.78 Å². The number of nitrogens with one attached hydrogen (secondary N) is 1. The topological polar surface area (TPSA) is 56.1 Å². The molecule has 27 heavy (non-hydrogen) atoms. The third kappa shape index (κ3) is 3.34. The number of hydrogen-bond acceptors (Lipinski definition) is 3. The third-order valence-electron chi connectivity index (χ3n) is 4.54. The number of para-hydroxylation sites is 1. The van der Waals surface area contributed by atoms with Crippen LogP contribution >= 0.6 is 11.6 Å². The van der Waals surface area contributed by atoms with E-state index in [2.05, 4.69) is 17.0 Å². The van der Waals surface area contributed by atoms with Crippen LogP contribution in [0.1, 0.15) is 23.5 Å². The van der Waals surface area contributed by atoms with Gasteiger partial charge in [0.1, 0.15) is 18.2 Å². The maximum atomic E-state index is 12.4. The highest BCUT2D eigenvalue weighted by Crippen LogP contribution is 2.41. The number of ether oxygens (including phenoxy) is 1. The van der Waals surface area contributed by atoms with Gasteiger partial charge in [0.2, 0.25) is 5.91 Å². The molecule has 0 radical (unpaired) electrons. The predicted molar refractivity (Wildman–Crippen MR) is 106 cm³/mol. The molecule has 1 aliphatic rings. The number of amides is 1. The van der Waals surface area contributed by atoms with Crippen molar-refractivity contribution in [2.45, 2.75) is 12.3 Å². The molecule has 2 heterocycles. The molecule has 0 spiro atoms. The second kappa shape index (κ2) is 7.29. The molecule has 1 aromatic heterocycles. The van der Waals surface area contributed by atoms with Gasteiger partial charge in [-0.05, 0) is 30.3 Å². The Morgan fingerprint density at radius 1 is 1.22 bits per heavy atom. The zero-order valence-electron chi connectivity index (χ0n) is 14.6. The number of aromatic nitrogens is 2. The van der Waals surface area contributed by atoms with Gasteiger partial charge < -0.3 is 10.1 Å². The average molecular weight is 380 g/mol. The molecule has 0 unspecified atom stereocenters. The zero-order valence-corrected chi connectivity index (χ0v) is 15.3. The number of carbonyl (C=O) groups excluding carboxylic acids is 1. The number of rotatable bonds is 5. The maximum absolute atomic E-state index is 12.4. The van der Waals surface area contributed by atoms with E-state index in [0.29, 0.717) is 23.9 Å². The molecule has 2 aromatic carbocycles. The van der Waals surface area contributed by atoms with Crippen LogP contribution in [0, 0.1) is 0 Å². The van der Waals surface area contributed by atoms with Gasteiger partial charge in [-0.25, -0.2) is 4.68 Å².